The highest BCUT2D eigenvalue weighted by molar-refractivity contribution is 5.94. The molecule has 1 saturated heterocycles. The number of piperidine rings is 1. The highest BCUT2D eigenvalue weighted by Gasteiger charge is 2.25. The van der Waals surface area contributed by atoms with Crippen molar-refractivity contribution in [2.75, 3.05) is 23.7 Å². The van der Waals surface area contributed by atoms with E-state index in [1.165, 1.54) is 11.6 Å². The van der Waals surface area contributed by atoms with Gasteiger partial charge in [0.05, 0.1) is 5.52 Å². The average Bonchev–Trinajstić information content (AvgIpc) is 3.03. The van der Waals surface area contributed by atoms with Gasteiger partial charge in [0.2, 0.25) is 5.95 Å². The number of aryl methyl sites for hydroxylation is 1. The number of anilines is 4. The first-order chi connectivity index (χ1) is 20.9. The number of rotatable bonds is 8. The third kappa shape index (κ3) is 6.62. The van der Waals surface area contributed by atoms with Crippen LogP contribution in [-0.4, -0.2) is 44.9 Å². The molecule has 1 aliphatic rings. The Morgan fingerprint density at radius 1 is 0.907 bits per heavy atom. The quantitative estimate of drug-likeness (QED) is 0.185. The Balaban J connectivity index is 1.02. The maximum absolute atomic E-state index is 13.6. The third-order valence-electron chi connectivity index (χ3n) is 7.87. The van der Waals surface area contributed by atoms with Crippen LogP contribution in [0.25, 0.3) is 10.9 Å². The predicted octanol–water partition coefficient (Wildman–Crippen LogP) is 6.91. The lowest BCUT2D eigenvalue weighted by Gasteiger charge is -2.34. The first-order valence-electron chi connectivity index (χ1n) is 14.6. The molecule has 5 aromatic rings. The van der Waals surface area contributed by atoms with E-state index in [9.17, 15) is 9.18 Å². The monoisotopic (exact) mass is 575 g/mol. The largest absolute Gasteiger partial charge is 0.340 e. The van der Waals surface area contributed by atoms with Crippen LogP contribution in [0.1, 0.15) is 47.3 Å². The lowest BCUT2D eigenvalue weighted by molar-refractivity contribution is 0.0702. The Morgan fingerprint density at radius 3 is 2.47 bits per heavy atom. The number of amides is 1. The van der Waals surface area contributed by atoms with Crippen LogP contribution in [0.15, 0.2) is 91.3 Å². The average molecular weight is 576 g/mol. The van der Waals surface area contributed by atoms with E-state index in [0.717, 1.165) is 35.1 Å². The minimum atomic E-state index is -0.251. The van der Waals surface area contributed by atoms with Crippen molar-refractivity contribution in [1.29, 1.82) is 0 Å². The number of aromatic nitrogens is 3. The second-order valence-electron chi connectivity index (χ2n) is 10.9. The van der Waals surface area contributed by atoms with Crippen molar-refractivity contribution in [3.63, 3.8) is 0 Å². The van der Waals surface area contributed by atoms with Crippen molar-refractivity contribution in [1.82, 2.24) is 25.2 Å². The summed E-state index contributed by atoms with van der Waals surface area (Å²) in [6, 6.07) is 24.8. The number of fused-ring (bicyclic) bond motifs is 1. The number of nitrogens with zero attached hydrogens (tertiary/aromatic N) is 4. The van der Waals surface area contributed by atoms with E-state index in [1.54, 1.807) is 31.3 Å². The molecule has 9 heteroatoms. The molecule has 2 aromatic heterocycles. The van der Waals surface area contributed by atoms with Gasteiger partial charge < -0.3 is 20.9 Å². The van der Waals surface area contributed by atoms with E-state index in [1.807, 2.05) is 41.4 Å². The van der Waals surface area contributed by atoms with Gasteiger partial charge >= 0.3 is 0 Å². The molecule has 0 radical (unpaired) electrons. The number of hydrogen-bond donors (Lipinski definition) is 3. The second kappa shape index (κ2) is 12.5. The molecule has 3 aromatic carbocycles. The standard InChI is InChI=1S/C34H34FN7O/c1-22-21-28(12-13-30(22)35)39-31-14-18-37-34(41-31)40-26-10-8-25(9-11-26)33(43)42-19-15-27(16-20-42)38-23(2)29-7-3-5-24-6-4-17-36-32(24)29/h3-14,17-18,21,23,27,38H,15-16,19-20H2,1-2H3,(H2,37,39,40,41). The summed E-state index contributed by atoms with van der Waals surface area (Å²) in [4.78, 5) is 28.6. The van der Waals surface area contributed by atoms with Crippen LogP contribution in [0, 0.1) is 12.7 Å². The maximum Gasteiger partial charge on any atom is 0.253 e. The fraction of sp³-hybridized carbons (Fsp3) is 0.235. The number of hydrogen-bond acceptors (Lipinski definition) is 7. The summed E-state index contributed by atoms with van der Waals surface area (Å²) in [7, 11) is 0. The molecular weight excluding hydrogens is 541 g/mol. The fourth-order valence-corrected chi connectivity index (χ4v) is 5.54. The molecule has 0 spiro atoms. The number of carbonyl (C=O) groups excluding carboxylic acids is 1. The molecule has 218 valence electrons. The van der Waals surface area contributed by atoms with Gasteiger partial charge in [-0.05, 0) is 92.4 Å². The molecule has 1 unspecified atom stereocenters. The predicted molar refractivity (Wildman–Crippen MR) is 168 cm³/mol. The maximum atomic E-state index is 13.6. The molecule has 0 saturated carbocycles. The number of nitrogens with one attached hydrogen (secondary N) is 3. The third-order valence-corrected chi connectivity index (χ3v) is 7.87. The van der Waals surface area contributed by atoms with Gasteiger partial charge in [0.1, 0.15) is 11.6 Å². The molecule has 0 bridgehead atoms. The normalized spacial score (nSPS) is 14.4. The van der Waals surface area contributed by atoms with Crippen molar-refractivity contribution in [3.05, 3.63) is 114 Å². The van der Waals surface area contributed by atoms with Gasteiger partial charge in [-0.2, -0.15) is 4.98 Å². The Hall–Kier alpha value is -4.89. The number of pyridine rings is 1. The second-order valence-corrected chi connectivity index (χ2v) is 10.9. The summed E-state index contributed by atoms with van der Waals surface area (Å²) in [5, 5.41) is 11.3. The van der Waals surface area contributed by atoms with Crippen LogP contribution < -0.4 is 16.0 Å². The summed E-state index contributed by atoms with van der Waals surface area (Å²) in [5.41, 5.74) is 4.94. The molecule has 1 amide bonds. The van der Waals surface area contributed by atoms with E-state index < -0.39 is 0 Å². The van der Waals surface area contributed by atoms with E-state index in [4.69, 9.17) is 0 Å². The SMILES string of the molecule is Cc1cc(Nc2ccnc(Nc3ccc(C(=O)N4CCC(NC(C)c5cccc6cccnc56)CC4)cc3)n2)ccc1F. The zero-order chi connectivity index (χ0) is 29.8. The highest BCUT2D eigenvalue weighted by Crippen LogP contribution is 2.25. The van der Waals surface area contributed by atoms with Crippen LogP contribution in [0.3, 0.4) is 0 Å². The fourth-order valence-electron chi connectivity index (χ4n) is 5.54. The van der Waals surface area contributed by atoms with Crippen LogP contribution >= 0.6 is 0 Å². The molecule has 0 aliphatic carbocycles. The van der Waals surface area contributed by atoms with Crippen molar-refractivity contribution in [3.8, 4) is 0 Å². The molecule has 1 fully saturated rings. The Kier molecular flexibility index (Phi) is 8.24. The molecule has 3 N–H and O–H groups in total. The molecule has 3 heterocycles. The topological polar surface area (TPSA) is 95.1 Å². The lowest BCUT2D eigenvalue weighted by Crippen LogP contribution is -2.45. The van der Waals surface area contributed by atoms with Gasteiger partial charge in [0, 0.05) is 59.9 Å². The molecule has 6 rings (SSSR count). The van der Waals surface area contributed by atoms with Crippen LogP contribution in [0.2, 0.25) is 0 Å². The van der Waals surface area contributed by atoms with E-state index in [-0.39, 0.29) is 17.8 Å². The van der Waals surface area contributed by atoms with Crippen LogP contribution in [-0.2, 0) is 0 Å². The minimum absolute atomic E-state index is 0.0355. The van der Waals surface area contributed by atoms with Crippen molar-refractivity contribution < 1.29 is 9.18 Å². The van der Waals surface area contributed by atoms with Gasteiger partial charge in [-0.15, -0.1) is 0 Å². The van der Waals surface area contributed by atoms with Gasteiger partial charge in [0.15, 0.2) is 0 Å². The number of carbonyl (C=O) groups is 1. The Morgan fingerprint density at radius 2 is 1.67 bits per heavy atom. The summed E-state index contributed by atoms with van der Waals surface area (Å²) in [5.74, 6) is 0.773. The smallest absolute Gasteiger partial charge is 0.253 e. The molecule has 1 aliphatic heterocycles. The molecule has 43 heavy (non-hydrogen) atoms. The number of benzene rings is 3. The first kappa shape index (κ1) is 28.2. The number of para-hydroxylation sites is 1. The molecule has 8 nitrogen and oxygen atoms in total. The van der Waals surface area contributed by atoms with Gasteiger partial charge in [0.25, 0.3) is 5.91 Å². The van der Waals surface area contributed by atoms with Crippen LogP contribution in [0.5, 0.6) is 0 Å². The van der Waals surface area contributed by atoms with E-state index in [2.05, 4.69) is 62.1 Å². The Bertz CT molecular complexity index is 1730. The number of likely N-dealkylation sites (tertiary alicyclic amines) is 1. The van der Waals surface area contributed by atoms with Crippen molar-refractivity contribution in [2.45, 2.75) is 38.8 Å². The van der Waals surface area contributed by atoms with E-state index in [0.29, 0.717) is 42.0 Å². The summed E-state index contributed by atoms with van der Waals surface area (Å²) < 4.78 is 13.6. The molecule has 1 atom stereocenters. The van der Waals surface area contributed by atoms with Crippen LogP contribution in [0.4, 0.5) is 27.5 Å². The lowest BCUT2D eigenvalue weighted by atomic mass is 9.99. The van der Waals surface area contributed by atoms with Gasteiger partial charge in [-0.3, -0.25) is 9.78 Å². The zero-order valence-corrected chi connectivity index (χ0v) is 24.2. The van der Waals surface area contributed by atoms with E-state index >= 15 is 0 Å². The molecular formula is C34H34FN7O. The highest BCUT2D eigenvalue weighted by atomic mass is 19.1. The van der Waals surface area contributed by atoms with Gasteiger partial charge in [-0.25, -0.2) is 9.37 Å². The van der Waals surface area contributed by atoms with Gasteiger partial charge in [-0.1, -0.05) is 24.3 Å². The number of halogens is 1. The summed E-state index contributed by atoms with van der Waals surface area (Å²) in [6.07, 6.45) is 5.27. The van der Waals surface area contributed by atoms with Crippen molar-refractivity contribution in [2.24, 2.45) is 0 Å². The summed E-state index contributed by atoms with van der Waals surface area (Å²) >= 11 is 0. The first-order valence-corrected chi connectivity index (χ1v) is 14.6. The Labute approximate surface area is 250 Å². The van der Waals surface area contributed by atoms with Crippen molar-refractivity contribution >= 4 is 40.0 Å². The summed E-state index contributed by atoms with van der Waals surface area (Å²) in [6.45, 7) is 5.31. The minimum Gasteiger partial charge on any atom is -0.340 e. The zero-order valence-electron chi connectivity index (χ0n) is 24.2.